The number of aliphatic hydroxyl groups is 1. The van der Waals surface area contributed by atoms with E-state index >= 15 is 0 Å². The highest BCUT2D eigenvalue weighted by Gasteiger charge is 2.32. The predicted molar refractivity (Wildman–Crippen MR) is 108 cm³/mol. The van der Waals surface area contributed by atoms with E-state index in [-0.39, 0.29) is 12.1 Å². The molecule has 2 atom stereocenters. The minimum absolute atomic E-state index is 0.0498. The molecule has 150 valence electrons. The third-order valence-electron chi connectivity index (χ3n) is 4.88. The molecular formula is C22H34N2O3. The fraction of sp³-hybridized carbons (Fsp3) is 0.636. The Morgan fingerprint density at radius 3 is 2.67 bits per heavy atom. The van der Waals surface area contributed by atoms with Gasteiger partial charge in [0.1, 0.15) is 5.60 Å². The number of nitrogens with one attached hydrogen (secondary N) is 1. The van der Waals surface area contributed by atoms with Crippen molar-refractivity contribution in [2.24, 2.45) is 0 Å². The molecule has 0 spiro atoms. The third kappa shape index (κ3) is 7.71. The van der Waals surface area contributed by atoms with E-state index in [0.717, 1.165) is 19.3 Å². The molecule has 1 fully saturated rings. The number of carbonyl (C=O) groups excluding carboxylic acids is 1. The maximum atomic E-state index is 12.3. The van der Waals surface area contributed by atoms with Crippen LogP contribution in [0.25, 0.3) is 0 Å². The van der Waals surface area contributed by atoms with Gasteiger partial charge in [0.05, 0.1) is 6.10 Å². The van der Waals surface area contributed by atoms with Gasteiger partial charge in [-0.3, -0.25) is 0 Å². The first-order chi connectivity index (χ1) is 12.7. The van der Waals surface area contributed by atoms with Crippen molar-refractivity contribution in [1.82, 2.24) is 4.90 Å². The molecule has 2 rings (SSSR count). The van der Waals surface area contributed by atoms with E-state index in [1.807, 2.05) is 39.0 Å². The van der Waals surface area contributed by atoms with E-state index in [4.69, 9.17) is 10.1 Å². The topological polar surface area (TPSA) is 73.6 Å². The number of aliphatic hydroxyl groups excluding tert-OH is 1. The Morgan fingerprint density at radius 1 is 1.30 bits per heavy atom. The fourth-order valence-corrected chi connectivity index (χ4v) is 3.46. The molecule has 1 aliphatic rings. The predicted octanol–water partition coefficient (Wildman–Crippen LogP) is 4.57. The van der Waals surface area contributed by atoms with E-state index in [2.05, 4.69) is 12.1 Å². The van der Waals surface area contributed by atoms with Crippen LogP contribution in [0, 0.1) is 5.41 Å². The molecule has 1 aromatic carbocycles. The van der Waals surface area contributed by atoms with Gasteiger partial charge in [0.15, 0.2) is 0 Å². The van der Waals surface area contributed by atoms with Crippen LogP contribution in [0.15, 0.2) is 30.3 Å². The number of ether oxygens (including phenoxy) is 1. The second-order valence-electron chi connectivity index (χ2n) is 8.49. The van der Waals surface area contributed by atoms with Gasteiger partial charge in [0, 0.05) is 24.7 Å². The van der Waals surface area contributed by atoms with Gasteiger partial charge >= 0.3 is 6.09 Å². The molecule has 0 bridgehead atoms. The molecule has 0 aromatic heterocycles. The molecule has 27 heavy (non-hydrogen) atoms. The van der Waals surface area contributed by atoms with E-state index in [0.29, 0.717) is 37.9 Å². The highest BCUT2D eigenvalue weighted by molar-refractivity contribution is 5.82. The molecule has 1 aromatic rings. The van der Waals surface area contributed by atoms with Gasteiger partial charge in [-0.05, 0) is 64.9 Å². The second-order valence-corrected chi connectivity index (χ2v) is 8.49. The number of hydrogen-bond acceptors (Lipinski definition) is 4. The van der Waals surface area contributed by atoms with E-state index in [1.54, 1.807) is 4.90 Å². The molecule has 5 heteroatoms. The molecule has 1 amide bonds. The molecule has 1 saturated heterocycles. The van der Waals surface area contributed by atoms with Crippen molar-refractivity contribution in [1.29, 1.82) is 5.41 Å². The molecule has 5 nitrogen and oxygen atoms in total. The van der Waals surface area contributed by atoms with Crippen LogP contribution in [0.1, 0.15) is 64.9 Å². The maximum Gasteiger partial charge on any atom is 0.410 e. The lowest BCUT2D eigenvalue weighted by Crippen LogP contribution is -2.40. The quantitative estimate of drug-likeness (QED) is 0.655. The van der Waals surface area contributed by atoms with Crippen molar-refractivity contribution in [2.75, 3.05) is 6.54 Å². The number of nitrogens with zero attached hydrogens (tertiary/aromatic N) is 1. The summed E-state index contributed by atoms with van der Waals surface area (Å²) in [5.41, 5.74) is 1.33. The Bertz CT molecular complexity index is 610. The molecule has 1 heterocycles. The lowest BCUT2D eigenvalue weighted by molar-refractivity contribution is 0.0231. The summed E-state index contributed by atoms with van der Waals surface area (Å²) in [6, 6.07) is 10.2. The molecule has 2 N–H and O–H groups in total. The standard InChI is InChI=1S/C22H34N2O3/c1-22(2,3)27-21(26)24-15-7-10-19(24)16-18(23)12-14-20(25)13-11-17-8-5-4-6-9-17/h4-6,8-9,19-20,23,25H,7,10-16H2,1-3H3/t19?,20-/m1/s1. The van der Waals surface area contributed by atoms with Crippen LogP contribution in [0.2, 0.25) is 0 Å². The first kappa shape index (κ1) is 21.4. The average Bonchev–Trinajstić information content (AvgIpc) is 3.06. The van der Waals surface area contributed by atoms with Crippen LogP contribution in [0.4, 0.5) is 4.79 Å². The first-order valence-electron chi connectivity index (χ1n) is 10.0. The molecule has 0 radical (unpaired) electrons. The van der Waals surface area contributed by atoms with Crippen molar-refractivity contribution in [3.8, 4) is 0 Å². The summed E-state index contributed by atoms with van der Waals surface area (Å²) in [6.07, 6.45) is 4.52. The van der Waals surface area contributed by atoms with Gasteiger partial charge in [-0.1, -0.05) is 30.3 Å². The molecule has 1 unspecified atom stereocenters. The van der Waals surface area contributed by atoms with Gasteiger partial charge in [0.25, 0.3) is 0 Å². The number of likely N-dealkylation sites (tertiary alicyclic amines) is 1. The highest BCUT2D eigenvalue weighted by atomic mass is 16.6. The van der Waals surface area contributed by atoms with Crippen LogP contribution in [0.3, 0.4) is 0 Å². The minimum Gasteiger partial charge on any atom is -0.444 e. The van der Waals surface area contributed by atoms with E-state index < -0.39 is 11.7 Å². The normalized spacial score (nSPS) is 18.4. The summed E-state index contributed by atoms with van der Waals surface area (Å²) >= 11 is 0. The van der Waals surface area contributed by atoms with Crippen LogP contribution in [0.5, 0.6) is 0 Å². The highest BCUT2D eigenvalue weighted by Crippen LogP contribution is 2.24. The average molecular weight is 375 g/mol. The Morgan fingerprint density at radius 2 is 2.00 bits per heavy atom. The Balaban J connectivity index is 1.71. The smallest absolute Gasteiger partial charge is 0.410 e. The molecule has 0 saturated carbocycles. The van der Waals surface area contributed by atoms with Gasteiger partial charge in [-0.15, -0.1) is 0 Å². The van der Waals surface area contributed by atoms with Crippen LogP contribution in [-0.2, 0) is 11.2 Å². The summed E-state index contributed by atoms with van der Waals surface area (Å²) in [4.78, 5) is 14.1. The van der Waals surface area contributed by atoms with Crippen LogP contribution in [-0.4, -0.2) is 46.1 Å². The van der Waals surface area contributed by atoms with E-state index in [1.165, 1.54) is 5.56 Å². The van der Waals surface area contributed by atoms with Crippen molar-refractivity contribution in [3.05, 3.63) is 35.9 Å². The number of rotatable bonds is 8. The maximum absolute atomic E-state index is 12.3. The number of amides is 1. The first-order valence-corrected chi connectivity index (χ1v) is 10.0. The van der Waals surface area contributed by atoms with Crippen LogP contribution >= 0.6 is 0 Å². The number of carbonyl (C=O) groups is 1. The lowest BCUT2D eigenvalue weighted by atomic mass is 9.99. The summed E-state index contributed by atoms with van der Waals surface area (Å²) in [5.74, 6) is 0. The Kier molecular flexibility index (Phi) is 7.84. The monoisotopic (exact) mass is 374 g/mol. The van der Waals surface area contributed by atoms with Gasteiger partial charge < -0.3 is 20.2 Å². The molecule has 1 aliphatic heterocycles. The van der Waals surface area contributed by atoms with Crippen molar-refractivity contribution in [2.45, 2.75) is 83.5 Å². The largest absolute Gasteiger partial charge is 0.444 e. The minimum atomic E-state index is -0.499. The summed E-state index contributed by atoms with van der Waals surface area (Å²) in [7, 11) is 0. The number of hydrogen-bond donors (Lipinski definition) is 2. The SMILES string of the molecule is CC(C)(C)OC(=O)N1CCCC1CC(=N)CC[C@H](O)CCc1ccccc1. The fourth-order valence-electron chi connectivity index (χ4n) is 3.46. The zero-order valence-corrected chi connectivity index (χ0v) is 16.9. The summed E-state index contributed by atoms with van der Waals surface area (Å²) in [5, 5.41) is 18.5. The zero-order valence-electron chi connectivity index (χ0n) is 16.9. The summed E-state index contributed by atoms with van der Waals surface area (Å²) in [6.45, 7) is 6.31. The number of aryl methyl sites for hydroxylation is 1. The van der Waals surface area contributed by atoms with Crippen LogP contribution < -0.4 is 0 Å². The molecular weight excluding hydrogens is 340 g/mol. The lowest BCUT2D eigenvalue weighted by Gasteiger charge is -2.28. The molecule has 0 aliphatic carbocycles. The zero-order chi connectivity index (χ0) is 19.9. The Hall–Kier alpha value is -1.88. The van der Waals surface area contributed by atoms with E-state index in [9.17, 15) is 9.90 Å². The third-order valence-corrected chi connectivity index (χ3v) is 4.88. The van der Waals surface area contributed by atoms with Gasteiger partial charge in [-0.25, -0.2) is 4.79 Å². The van der Waals surface area contributed by atoms with Gasteiger partial charge in [0.2, 0.25) is 0 Å². The Labute approximate surface area is 163 Å². The van der Waals surface area contributed by atoms with Gasteiger partial charge in [-0.2, -0.15) is 0 Å². The number of benzene rings is 1. The van der Waals surface area contributed by atoms with Crippen molar-refractivity contribution >= 4 is 11.8 Å². The summed E-state index contributed by atoms with van der Waals surface area (Å²) < 4.78 is 5.48. The van der Waals surface area contributed by atoms with Crippen molar-refractivity contribution < 1.29 is 14.6 Å². The second kappa shape index (κ2) is 9.88. The van der Waals surface area contributed by atoms with Crippen molar-refractivity contribution in [3.63, 3.8) is 0 Å².